The Kier molecular flexibility index (Phi) is 5.36. The van der Waals surface area contributed by atoms with Gasteiger partial charge in [0.05, 0.1) is 0 Å². The maximum Gasteiger partial charge on any atom is 0.207 e. The normalized spacial score (nSPS) is 11.9. The van der Waals surface area contributed by atoms with Crippen molar-refractivity contribution in [2.24, 2.45) is 0 Å². The number of allylic oxidation sites excluding steroid dienone is 1. The predicted molar refractivity (Wildman–Crippen MR) is 89.8 cm³/mol. The van der Waals surface area contributed by atoms with Gasteiger partial charge in [0.1, 0.15) is 11.5 Å². The van der Waals surface area contributed by atoms with Crippen molar-refractivity contribution in [1.29, 1.82) is 0 Å². The third kappa shape index (κ3) is 4.32. The number of benzene rings is 2. The van der Waals surface area contributed by atoms with E-state index in [0.717, 1.165) is 22.3 Å². The lowest BCUT2D eigenvalue weighted by atomic mass is 9.91. The molecule has 0 atom stereocenters. The van der Waals surface area contributed by atoms with E-state index in [0.29, 0.717) is 12.8 Å². The molecule has 2 aromatic rings. The summed E-state index contributed by atoms with van der Waals surface area (Å²) in [7, 11) is 0. The molecule has 0 unspecified atom stereocenters. The minimum absolute atomic E-state index is 0.155. The molecule has 2 N–H and O–H groups in total. The average Bonchev–Trinajstić information content (AvgIpc) is 2.53. The summed E-state index contributed by atoms with van der Waals surface area (Å²) in [5.41, 5.74) is 3.67. The molecule has 0 bridgehead atoms. The third-order valence-corrected chi connectivity index (χ3v) is 3.69. The molecular formula is C18H19NO4. The molecule has 23 heavy (non-hydrogen) atoms. The van der Waals surface area contributed by atoms with E-state index in [1.807, 2.05) is 6.92 Å². The fraction of sp³-hybridized carbons (Fsp3) is 0.222. The van der Waals surface area contributed by atoms with E-state index in [-0.39, 0.29) is 23.0 Å². The number of phenols is 2. The van der Waals surface area contributed by atoms with Gasteiger partial charge < -0.3 is 10.2 Å². The fourth-order valence-corrected chi connectivity index (χ4v) is 2.59. The van der Waals surface area contributed by atoms with Crippen LogP contribution in [-0.2, 0) is 0 Å². The fourth-order valence-electron chi connectivity index (χ4n) is 2.59. The van der Waals surface area contributed by atoms with E-state index >= 15 is 0 Å². The second kappa shape index (κ2) is 7.45. The van der Waals surface area contributed by atoms with E-state index in [2.05, 4.69) is 0 Å². The summed E-state index contributed by atoms with van der Waals surface area (Å²) in [6.07, 6.45) is 1.01. The first-order chi connectivity index (χ1) is 11.0. The number of nitro groups is 1. The van der Waals surface area contributed by atoms with Crippen LogP contribution < -0.4 is 0 Å². The van der Waals surface area contributed by atoms with Gasteiger partial charge in [-0.1, -0.05) is 31.2 Å². The molecular weight excluding hydrogens is 294 g/mol. The number of hydrogen-bond donors (Lipinski definition) is 2. The molecule has 0 heterocycles. The molecule has 0 radical (unpaired) electrons. The van der Waals surface area contributed by atoms with Crippen LogP contribution in [0.15, 0.2) is 48.5 Å². The second-order valence-corrected chi connectivity index (χ2v) is 5.21. The number of nitrogens with zero attached hydrogens (tertiary/aromatic N) is 1. The van der Waals surface area contributed by atoms with Gasteiger partial charge in [-0.3, -0.25) is 10.1 Å². The van der Waals surface area contributed by atoms with Crippen molar-refractivity contribution in [2.75, 3.05) is 6.54 Å². The molecule has 0 saturated carbocycles. The minimum Gasteiger partial charge on any atom is -0.508 e. The zero-order valence-corrected chi connectivity index (χ0v) is 12.9. The first-order valence-electron chi connectivity index (χ1n) is 7.44. The average molecular weight is 313 g/mol. The number of phenolic OH excluding ortho intramolecular Hbond substituents is 2. The maximum absolute atomic E-state index is 10.8. The molecule has 2 rings (SSSR count). The van der Waals surface area contributed by atoms with E-state index in [1.165, 1.54) is 0 Å². The Labute approximate surface area is 134 Å². The Morgan fingerprint density at radius 1 is 0.913 bits per heavy atom. The van der Waals surface area contributed by atoms with Crippen molar-refractivity contribution in [3.63, 3.8) is 0 Å². The van der Waals surface area contributed by atoms with Crippen LogP contribution in [0.3, 0.4) is 0 Å². The molecule has 5 nitrogen and oxygen atoms in total. The molecule has 2 aromatic carbocycles. The lowest BCUT2D eigenvalue weighted by Crippen LogP contribution is -2.03. The lowest BCUT2D eigenvalue weighted by Gasteiger charge is -2.14. The van der Waals surface area contributed by atoms with Crippen molar-refractivity contribution in [3.8, 4) is 11.5 Å². The van der Waals surface area contributed by atoms with Crippen LogP contribution in [0.5, 0.6) is 11.5 Å². The topological polar surface area (TPSA) is 83.6 Å². The van der Waals surface area contributed by atoms with Crippen LogP contribution >= 0.6 is 0 Å². The van der Waals surface area contributed by atoms with Crippen molar-refractivity contribution in [3.05, 3.63) is 69.8 Å². The summed E-state index contributed by atoms with van der Waals surface area (Å²) in [6.45, 7) is 1.84. The molecule has 0 aliphatic carbocycles. The highest BCUT2D eigenvalue weighted by atomic mass is 16.6. The largest absolute Gasteiger partial charge is 0.508 e. The van der Waals surface area contributed by atoms with Gasteiger partial charge >= 0.3 is 0 Å². The summed E-state index contributed by atoms with van der Waals surface area (Å²) >= 11 is 0. The summed E-state index contributed by atoms with van der Waals surface area (Å²) in [6, 6.07) is 13.5. The van der Waals surface area contributed by atoms with Crippen LogP contribution in [0.1, 0.15) is 30.9 Å². The molecule has 0 aliphatic heterocycles. The van der Waals surface area contributed by atoms with Crippen molar-refractivity contribution < 1.29 is 15.1 Å². The van der Waals surface area contributed by atoms with Crippen molar-refractivity contribution in [2.45, 2.75) is 19.8 Å². The van der Waals surface area contributed by atoms with Gasteiger partial charge in [-0.2, -0.15) is 0 Å². The zero-order chi connectivity index (χ0) is 16.8. The first kappa shape index (κ1) is 16.5. The van der Waals surface area contributed by atoms with Gasteiger partial charge in [-0.15, -0.1) is 0 Å². The highest BCUT2D eigenvalue weighted by molar-refractivity contribution is 5.91. The molecule has 0 amide bonds. The quantitative estimate of drug-likeness (QED) is 0.478. The number of aromatic hydroxyl groups is 2. The Balaban J connectivity index is 2.52. The van der Waals surface area contributed by atoms with Crippen LogP contribution in [0.2, 0.25) is 0 Å². The van der Waals surface area contributed by atoms with Gasteiger partial charge in [0.2, 0.25) is 6.54 Å². The Bertz CT molecular complexity index is 703. The van der Waals surface area contributed by atoms with Crippen LogP contribution in [0, 0.1) is 10.1 Å². The van der Waals surface area contributed by atoms with E-state index in [1.54, 1.807) is 48.5 Å². The Morgan fingerprint density at radius 2 is 1.35 bits per heavy atom. The molecule has 0 aliphatic rings. The monoisotopic (exact) mass is 313 g/mol. The van der Waals surface area contributed by atoms with Crippen LogP contribution in [0.25, 0.3) is 11.1 Å². The summed E-state index contributed by atoms with van der Waals surface area (Å²) < 4.78 is 0. The van der Waals surface area contributed by atoms with Crippen molar-refractivity contribution >= 4 is 11.1 Å². The SMILES string of the molecule is CCC(=C(CC[N+](=O)[O-])c1ccc(O)cc1)c1ccc(O)cc1. The van der Waals surface area contributed by atoms with Gasteiger partial charge in [0.25, 0.3) is 0 Å². The maximum atomic E-state index is 10.8. The molecule has 0 aromatic heterocycles. The third-order valence-electron chi connectivity index (χ3n) is 3.69. The lowest BCUT2D eigenvalue weighted by molar-refractivity contribution is -0.478. The van der Waals surface area contributed by atoms with Gasteiger partial charge in [0, 0.05) is 11.3 Å². The van der Waals surface area contributed by atoms with E-state index in [9.17, 15) is 20.3 Å². The van der Waals surface area contributed by atoms with Gasteiger partial charge in [-0.05, 0) is 53.0 Å². The first-order valence-corrected chi connectivity index (χ1v) is 7.44. The Morgan fingerprint density at radius 3 is 1.74 bits per heavy atom. The highest BCUT2D eigenvalue weighted by Crippen LogP contribution is 2.32. The van der Waals surface area contributed by atoms with E-state index in [4.69, 9.17) is 0 Å². The minimum atomic E-state index is -0.329. The summed E-state index contributed by atoms with van der Waals surface area (Å²) in [5, 5.41) is 29.7. The Hall–Kier alpha value is -2.82. The van der Waals surface area contributed by atoms with Crippen LogP contribution in [0.4, 0.5) is 0 Å². The highest BCUT2D eigenvalue weighted by Gasteiger charge is 2.13. The van der Waals surface area contributed by atoms with Gasteiger partial charge in [-0.25, -0.2) is 0 Å². The number of rotatable bonds is 6. The smallest absolute Gasteiger partial charge is 0.207 e. The molecule has 0 fully saturated rings. The zero-order valence-electron chi connectivity index (χ0n) is 12.9. The summed E-state index contributed by atoms with van der Waals surface area (Å²) in [4.78, 5) is 10.5. The molecule has 0 saturated heterocycles. The predicted octanol–water partition coefficient (Wildman–Crippen LogP) is 4.09. The van der Waals surface area contributed by atoms with Crippen molar-refractivity contribution in [1.82, 2.24) is 0 Å². The standard InChI is InChI=1S/C18H19NO4/c1-2-17(13-3-7-15(20)8-4-13)18(11-12-19(22)23)14-5-9-16(21)10-6-14/h3-10,20-21H,2,11-12H2,1H3. The second-order valence-electron chi connectivity index (χ2n) is 5.21. The molecule has 0 spiro atoms. The summed E-state index contributed by atoms with van der Waals surface area (Å²) in [5.74, 6) is 0.339. The number of hydrogen-bond acceptors (Lipinski definition) is 4. The molecule has 120 valence electrons. The molecule has 5 heteroatoms. The van der Waals surface area contributed by atoms with E-state index < -0.39 is 0 Å². The van der Waals surface area contributed by atoms with Crippen LogP contribution in [-0.4, -0.2) is 21.7 Å². The van der Waals surface area contributed by atoms with Gasteiger partial charge in [0.15, 0.2) is 0 Å².